The normalized spacial score (nSPS) is 10.8. The fraction of sp³-hybridized carbons (Fsp3) is 0. The standard InChI is InChI=1S/C14H8N2O4/c17-13(18)9-3-5-15-11-7(9)1-2-8-10(14(19)20)4-6-16-12(8)11/h1-6H,(H,17,18)(H,19,20)/p-1. The molecule has 0 unspecified atom stereocenters. The molecule has 0 aliphatic rings. The third-order valence-corrected chi connectivity index (χ3v) is 3.07. The molecule has 1 N–H and O–H groups in total. The lowest BCUT2D eigenvalue weighted by atomic mass is 10.0. The van der Waals surface area contributed by atoms with E-state index in [4.69, 9.17) is 5.11 Å². The Kier molecular flexibility index (Phi) is 2.57. The number of carboxylic acid groups (broad SMARTS) is 2. The molecule has 3 rings (SSSR count). The molecule has 0 radical (unpaired) electrons. The highest BCUT2D eigenvalue weighted by Gasteiger charge is 2.13. The predicted octanol–water partition coefficient (Wildman–Crippen LogP) is 0.845. The molecular formula is C14H7N2O4-. The number of rotatable bonds is 2. The van der Waals surface area contributed by atoms with Crippen LogP contribution in [0.1, 0.15) is 20.7 Å². The quantitative estimate of drug-likeness (QED) is 0.690. The van der Waals surface area contributed by atoms with Gasteiger partial charge in [-0.25, -0.2) is 4.79 Å². The number of benzene rings is 1. The summed E-state index contributed by atoms with van der Waals surface area (Å²) in [5.41, 5.74) is 0.787. The monoisotopic (exact) mass is 267 g/mol. The number of aromatic nitrogens is 2. The molecule has 0 amide bonds. The molecule has 0 aliphatic carbocycles. The van der Waals surface area contributed by atoms with E-state index in [1.54, 1.807) is 0 Å². The molecule has 0 bridgehead atoms. The second kappa shape index (κ2) is 4.27. The van der Waals surface area contributed by atoms with Crippen LogP contribution in [0.25, 0.3) is 21.8 Å². The molecule has 1 aromatic carbocycles. The predicted molar refractivity (Wildman–Crippen MR) is 68.3 cm³/mol. The van der Waals surface area contributed by atoms with Gasteiger partial charge in [0.25, 0.3) is 0 Å². The molecule has 6 nitrogen and oxygen atoms in total. The Morgan fingerprint density at radius 2 is 1.40 bits per heavy atom. The molecule has 2 aromatic heterocycles. The van der Waals surface area contributed by atoms with Crippen molar-refractivity contribution in [3.63, 3.8) is 0 Å². The lowest BCUT2D eigenvalue weighted by molar-refractivity contribution is -0.254. The molecule has 0 saturated heterocycles. The van der Waals surface area contributed by atoms with Gasteiger partial charge in [-0.05, 0) is 12.1 Å². The number of hydrogen-bond donors (Lipinski definition) is 1. The van der Waals surface area contributed by atoms with Gasteiger partial charge in [-0.3, -0.25) is 9.97 Å². The third-order valence-electron chi connectivity index (χ3n) is 3.07. The van der Waals surface area contributed by atoms with E-state index in [2.05, 4.69) is 9.97 Å². The maximum atomic E-state index is 11.2. The molecule has 20 heavy (non-hydrogen) atoms. The topological polar surface area (TPSA) is 103 Å². The Balaban J connectivity index is 2.49. The molecule has 0 saturated carbocycles. The summed E-state index contributed by atoms with van der Waals surface area (Å²) in [7, 11) is 0. The Bertz CT molecular complexity index is 801. The van der Waals surface area contributed by atoms with Gasteiger partial charge in [0.1, 0.15) is 0 Å². The van der Waals surface area contributed by atoms with E-state index in [0.29, 0.717) is 21.8 Å². The summed E-state index contributed by atoms with van der Waals surface area (Å²) in [6, 6.07) is 5.77. The number of hydrogen-bond acceptors (Lipinski definition) is 5. The molecule has 0 fully saturated rings. The van der Waals surface area contributed by atoms with Gasteiger partial charge in [0, 0.05) is 28.7 Å². The summed E-state index contributed by atoms with van der Waals surface area (Å²) in [6.45, 7) is 0. The van der Waals surface area contributed by atoms with Crippen LogP contribution in [0.15, 0.2) is 36.7 Å². The van der Waals surface area contributed by atoms with Crippen molar-refractivity contribution in [3.8, 4) is 0 Å². The Labute approximate surface area is 112 Å². The second-order valence-corrected chi connectivity index (χ2v) is 4.17. The summed E-state index contributed by atoms with van der Waals surface area (Å²) >= 11 is 0. The van der Waals surface area contributed by atoms with E-state index in [1.165, 1.54) is 36.7 Å². The van der Waals surface area contributed by atoms with Crippen molar-refractivity contribution < 1.29 is 19.8 Å². The van der Waals surface area contributed by atoms with Gasteiger partial charge in [-0.15, -0.1) is 0 Å². The van der Waals surface area contributed by atoms with E-state index in [-0.39, 0.29) is 11.1 Å². The molecule has 0 atom stereocenters. The summed E-state index contributed by atoms with van der Waals surface area (Å²) in [5, 5.41) is 21.0. The van der Waals surface area contributed by atoms with Crippen LogP contribution < -0.4 is 5.11 Å². The van der Waals surface area contributed by atoms with Crippen molar-refractivity contribution in [2.75, 3.05) is 0 Å². The van der Waals surface area contributed by atoms with Crippen molar-refractivity contribution in [3.05, 3.63) is 47.8 Å². The zero-order chi connectivity index (χ0) is 14.3. The molecule has 0 aliphatic heterocycles. The number of carboxylic acids is 2. The van der Waals surface area contributed by atoms with E-state index in [0.717, 1.165) is 0 Å². The molecule has 98 valence electrons. The van der Waals surface area contributed by atoms with Gasteiger partial charge in [0.05, 0.1) is 22.6 Å². The summed E-state index contributed by atoms with van der Waals surface area (Å²) in [5.74, 6) is -2.39. The zero-order valence-electron chi connectivity index (χ0n) is 10.0. The van der Waals surface area contributed by atoms with Crippen LogP contribution in [0.3, 0.4) is 0 Å². The van der Waals surface area contributed by atoms with Gasteiger partial charge < -0.3 is 15.0 Å². The number of nitrogens with zero attached hydrogens (tertiary/aromatic N) is 2. The Hall–Kier alpha value is -3.02. The first-order valence-corrected chi connectivity index (χ1v) is 5.70. The first-order chi connectivity index (χ1) is 9.59. The Morgan fingerprint density at radius 1 is 0.900 bits per heavy atom. The van der Waals surface area contributed by atoms with Crippen LogP contribution in [0.2, 0.25) is 0 Å². The highest BCUT2D eigenvalue weighted by molar-refractivity contribution is 6.14. The van der Waals surface area contributed by atoms with Crippen molar-refractivity contribution in [2.24, 2.45) is 0 Å². The van der Waals surface area contributed by atoms with Crippen LogP contribution >= 0.6 is 0 Å². The fourth-order valence-corrected chi connectivity index (χ4v) is 2.19. The maximum Gasteiger partial charge on any atom is 0.336 e. The van der Waals surface area contributed by atoms with E-state index in [1.807, 2.05) is 0 Å². The molecule has 6 heteroatoms. The first-order valence-electron chi connectivity index (χ1n) is 5.70. The van der Waals surface area contributed by atoms with Crippen molar-refractivity contribution in [2.45, 2.75) is 0 Å². The maximum absolute atomic E-state index is 11.2. The second-order valence-electron chi connectivity index (χ2n) is 4.17. The van der Waals surface area contributed by atoms with Crippen molar-refractivity contribution in [1.29, 1.82) is 0 Å². The van der Waals surface area contributed by atoms with E-state index >= 15 is 0 Å². The first kappa shape index (κ1) is 12.0. The van der Waals surface area contributed by atoms with Crippen LogP contribution in [0.4, 0.5) is 0 Å². The smallest absolute Gasteiger partial charge is 0.336 e. The van der Waals surface area contributed by atoms with Crippen LogP contribution in [-0.2, 0) is 0 Å². The van der Waals surface area contributed by atoms with Crippen LogP contribution in [0, 0.1) is 0 Å². The Morgan fingerprint density at radius 3 is 1.90 bits per heavy atom. The number of carbonyl (C=O) groups is 2. The van der Waals surface area contributed by atoms with Gasteiger partial charge in [0.2, 0.25) is 0 Å². The molecule has 0 spiro atoms. The molecule has 2 heterocycles. The average Bonchev–Trinajstić information content (AvgIpc) is 2.45. The SMILES string of the molecule is O=C([O-])c1ccnc2c1ccc1c(C(=O)O)ccnc12. The minimum absolute atomic E-state index is 0.000530. The average molecular weight is 267 g/mol. The van der Waals surface area contributed by atoms with Gasteiger partial charge in [-0.1, -0.05) is 12.1 Å². The van der Waals surface area contributed by atoms with Crippen molar-refractivity contribution in [1.82, 2.24) is 9.97 Å². The van der Waals surface area contributed by atoms with Gasteiger partial charge in [0.15, 0.2) is 0 Å². The summed E-state index contributed by atoms with van der Waals surface area (Å²) in [6.07, 6.45) is 2.70. The van der Waals surface area contributed by atoms with Crippen molar-refractivity contribution >= 4 is 33.7 Å². The van der Waals surface area contributed by atoms with E-state index in [9.17, 15) is 14.7 Å². The largest absolute Gasteiger partial charge is 0.545 e. The number of pyridine rings is 2. The fourth-order valence-electron chi connectivity index (χ4n) is 2.19. The van der Waals surface area contributed by atoms with Crippen LogP contribution in [0.5, 0.6) is 0 Å². The summed E-state index contributed by atoms with van der Waals surface area (Å²) < 4.78 is 0. The third kappa shape index (κ3) is 1.66. The van der Waals surface area contributed by atoms with Crippen LogP contribution in [-0.4, -0.2) is 27.0 Å². The lowest BCUT2D eigenvalue weighted by Crippen LogP contribution is -2.22. The highest BCUT2D eigenvalue weighted by atomic mass is 16.4. The highest BCUT2D eigenvalue weighted by Crippen LogP contribution is 2.26. The number of aromatic carboxylic acids is 2. The van der Waals surface area contributed by atoms with E-state index < -0.39 is 11.9 Å². The van der Waals surface area contributed by atoms with Gasteiger partial charge >= 0.3 is 5.97 Å². The minimum Gasteiger partial charge on any atom is -0.545 e. The minimum atomic E-state index is -1.31. The summed E-state index contributed by atoms with van der Waals surface area (Å²) in [4.78, 5) is 30.5. The lowest BCUT2D eigenvalue weighted by Gasteiger charge is -2.09. The zero-order valence-corrected chi connectivity index (χ0v) is 10.0. The van der Waals surface area contributed by atoms with Gasteiger partial charge in [-0.2, -0.15) is 0 Å². The molecule has 3 aromatic rings. The molecular weight excluding hydrogens is 260 g/mol. The number of fused-ring (bicyclic) bond motifs is 3. The number of carbonyl (C=O) groups excluding carboxylic acids is 1.